The Morgan fingerprint density at radius 3 is 2.50 bits per heavy atom. The number of benzene rings is 1. The first-order valence-electron chi connectivity index (χ1n) is 6.53. The van der Waals surface area contributed by atoms with E-state index in [2.05, 4.69) is 10.6 Å². The largest absolute Gasteiger partial charge is 0.335 e. The predicted octanol–water partition coefficient (Wildman–Crippen LogP) is 3.47. The number of hydrogen-bond donors (Lipinski definition) is 2. The maximum absolute atomic E-state index is 11.7. The quantitative estimate of drug-likeness (QED) is 0.864. The predicted molar refractivity (Wildman–Crippen MR) is 73.7 cm³/mol. The SMILES string of the molecule is O=C(NCc1ccc(Cl)cc1)NC1CCCCC1. The zero-order valence-electron chi connectivity index (χ0n) is 10.4. The standard InChI is InChI=1S/C14H19ClN2O/c15-12-8-6-11(7-9-12)10-16-14(18)17-13-4-2-1-3-5-13/h6-9,13H,1-5,10H2,(H2,16,17,18). The highest BCUT2D eigenvalue weighted by atomic mass is 35.5. The Morgan fingerprint density at radius 1 is 1.17 bits per heavy atom. The molecule has 4 heteroatoms. The molecule has 0 radical (unpaired) electrons. The van der Waals surface area contributed by atoms with Gasteiger partial charge in [0.1, 0.15) is 0 Å². The second-order valence-electron chi connectivity index (χ2n) is 4.79. The normalized spacial score (nSPS) is 16.3. The molecule has 2 N–H and O–H groups in total. The van der Waals surface area contributed by atoms with Crippen LogP contribution in [-0.2, 0) is 6.54 Å². The van der Waals surface area contributed by atoms with E-state index in [9.17, 15) is 4.79 Å². The first-order chi connectivity index (χ1) is 8.74. The first kappa shape index (κ1) is 13.2. The minimum atomic E-state index is -0.0724. The van der Waals surface area contributed by atoms with Crippen LogP contribution in [0.1, 0.15) is 37.7 Å². The fraction of sp³-hybridized carbons (Fsp3) is 0.500. The van der Waals surface area contributed by atoms with Crippen LogP contribution in [0.4, 0.5) is 4.79 Å². The van der Waals surface area contributed by atoms with Gasteiger partial charge in [0.15, 0.2) is 0 Å². The lowest BCUT2D eigenvalue weighted by Crippen LogP contribution is -2.42. The lowest BCUT2D eigenvalue weighted by Gasteiger charge is -2.22. The highest BCUT2D eigenvalue weighted by Crippen LogP contribution is 2.17. The van der Waals surface area contributed by atoms with E-state index in [1.165, 1.54) is 19.3 Å². The summed E-state index contributed by atoms with van der Waals surface area (Å²) >= 11 is 5.80. The Morgan fingerprint density at radius 2 is 1.83 bits per heavy atom. The molecule has 0 aromatic heterocycles. The Bertz CT molecular complexity index is 385. The zero-order valence-corrected chi connectivity index (χ0v) is 11.2. The minimum absolute atomic E-state index is 0.0724. The number of hydrogen-bond acceptors (Lipinski definition) is 1. The summed E-state index contributed by atoms with van der Waals surface area (Å²) in [6.07, 6.45) is 5.96. The van der Waals surface area contributed by atoms with Crippen molar-refractivity contribution in [2.24, 2.45) is 0 Å². The van der Waals surface area contributed by atoms with Gasteiger partial charge in [-0.15, -0.1) is 0 Å². The molecule has 0 aliphatic heterocycles. The van der Waals surface area contributed by atoms with Crippen molar-refractivity contribution in [1.29, 1.82) is 0 Å². The van der Waals surface area contributed by atoms with E-state index in [-0.39, 0.29) is 6.03 Å². The van der Waals surface area contributed by atoms with Gasteiger partial charge < -0.3 is 10.6 Å². The summed E-state index contributed by atoms with van der Waals surface area (Å²) in [5, 5.41) is 6.61. The van der Waals surface area contributed by atoms with Gasteiger partial charge in [-0.1, -0.05) is 43.0 Å². The van der Waals surface area contributed by atoms with E-state index < -0.39 is 0 Å². The molecule has 1 aromatic carbocycles. The number of urea groups is 1. The smallest absolute Gasteiger partial charge is 0.315 e. The van der Waals surface area contributed by atoms with Crippen molar-refractivity contribution in [3.63, 3.8) is 0 Å². The molecule has 0 heterocycles. The van der Waals surface area contributed by atoms with Gasteiger partial charge in [-0.25, -0.2) is 4.79 Å². The number of carbonyl (C=O) groups is 1. The van der Waals surface area contributed by atoms with E-state index >= 15 is 0 Å². The molecule has 1 aliphatic carbocycles. The number of nitrogens with one attached hydrogen (secondary N) is 2. The van der Waals surface area contributed by atoms with Crippen molar-refractivity contribution in [2.45, 2.75) is 44.7 Å². The number of halogens is 1. The van der Waals surface area contributed by atoms with Crippen LogP contribution in [-0.4, -0.2) is 12.1 Å². The lowest BCUT2D eigenvalue weighted by atomic mass is 9.96. The molecule has 2 amide bonds. The average Bonchev–Trinajstić information content (AvgIpc) is 2.39. The van der Waals surface area contributed by atoms with E-state index in [1.54, 1.807) is 0 Å². The summed E-state index contributed by atoms with van der Waals surface area (Å²) in [6.45, 7) is 0.537. The Balaban J connectivity index is 1.72. The van der Waals surface area contributed by atoms with Crippen molar-refractivity contribution >= 4 is 17.6 Å². The zero-order chi connectivity index (χ0) is 12.8. The van der Waals surface area contributed by atoms with Gasteiger partial charge >= 0.3 is 6.03 Å². The van der Waals surface area contributed by atoms with Crippen LogP contribution < -0.4 is 10.6 Å². The molecule has 3 nitrogen and oxygen atoms in total. The van der Waals surface area contributed by atoms with Crippen molar-refractivity contribution < 1.29 is 4.79 Å². The summed E-state index contributed by atoms with van der Waals surface area (Å²) < 4.78 is 0. The molecule has 1 saturated carbocycles. The van der Waals surface area contributed by atoms with E-state index in [0.29, 0.717) is 17.6 Å². The van der Waals surface area contributed by atoms with Gasteiger partial charge in [0.25, 0.3) is 0 Å². The summed E-state index contributed by atoms with van der Waals surface area (Å²) in [5.74, 6) is 0. The highest BCUT2D eigenvalue weighted by molar-refractivity contribution is 6.30. The molecule has 1 fully saturated rings. The van der Waals surface area contributed by atoms with Gasteiger partial charge in [-0.2, -0.15) is 0 Å². The third kappa shape index (κ3) is 4.22. The van der Waals surface area contributed by atoms with Crippen LogP contribution in [0.15, 0.2) is 24.3 Å². The van der Waals surface area contributed by atoms with Gasteiger partial charge in [-0.05, 0) is 30.5 Å². The lowest BCUT2D eigenvalue weighted by molar-refractivity contribution is 0.232. The first-order valence-corrected chi connectivity index (χ1v) is 6.90. The van der Waals surface area contributed by atoms with Crippen LogP contribution in [0.5, 0.6) is 0 Å². The summed E-state index contributed by atoms with van der Waals surface area (Å²) in [6, 6.07) is 7.78. The fourth-order valence-corrected chi connectivity index (χ4v) is 2.39. The van der Waals surface area contributed by atoms with Crippen molar-refractivity contribution in [2.75, 3.05) is 0 Å². The van der Waals surface area contributed by atoms with Crippen molar-refractivity contribution in [3.8, 4) is 0 Å². The molecule has 1 aliphatic rings. The van der Waals surface area contributed by atoms with Gasteiger partial charge in [0.05, 0.1) is 0 Å². The third-order valence-corrected chi connectivity index (χ3v) is 3.56. The monoisotopic (exact) mass is 266 g/mol. The van der Waals surface area contributed by atoms with Crippen LogP contribution in [0.25, 0.3) is 0 Å². The Labute approximate surface area is 113 Å². The average molecular weight is 267 g/mol. The number of carbonyl (C=O) groups excluding carboxylic acids is 1. The minimum Gasteiger partial charge on any atom is -0.335 e. The van der Waals surface area contributed by atoms with Gasteiger partial charge in [-0.3, -0.25) is 0 Å². The highest BCUT2D eigenvalue weighted by Gasteiger charge is 2.15. The van der Waals surface area contributed by atoms with Crippen molar-refractivity contribution in [1.82, 2.24) is 10.6 Å². The molecule has 0 spiro atoms. The van der Waals surface area contributed by atoms with Crippen molar-refractivity contribution in [3.05, 3.63) is 34.9 Å². The third-order valence-electron chi connectivity index (χ3n) is 3.31. The fourth-order valence-electron chi connectivity index (χ4n) is 2.27. The molecule has 18 heavy (non-hydrogen) atoms. The Hall–Kier alpha value is -1.22. The number of rotatable bonds is 3. The van der Waals surface area contributed by atoms with Crippen LogP contribution in [0, 0.1) is 0 Å². The molecule has 98 valence electrons. The van der Waals surface area contributed by atoms with Crippen LogP contribution in [0.3, 0.4) is 0 Å². The molecule has 0 bridgehead atoms. The van der Waals surface area contributed by atoms with Gasteiger partial charge in [0.2, 0.25) is 0 Å². The van der Waals surface area contributed by atoms with E-state index in [1.807, 2.05) is 24.3 Å². The summed E-state index contributed by atoms with van der Waals surface area (Å²) in [5.41, 5.74) is 1.05. The van der Waals surface area contributed by atoms with Crippen LogP contribution in [0.2, 0.25) is 5.02 Å². The van der Waals surface area contributed by atoms with Gasteiger partial charge in [0, 0.05) is 17.6 Å². The molecule has 0 unspecified atom stereocenters. The second-order valence-corrected chi connectivity index (χ2v) is 5.22. The molecule has 0 atom stereocenters. The Kier molecular flexibility index (Phi) is 4.88. The second kappa shape index (κ2) is 6.64. The summed E-state index contributed by atoms with van der Waals surface area (Å²) in [7, 11) is 0. The molecule has 0 saturated heterocycles. The van der Waals surface area contributed by atoms with E-state index in [4.69, 9.17) is 11.6 Å². The molecule has 2 rings (SSSR count). The summed E-state index contributed by atoms with van der Waals surface area (Å²) in [4.78, 5) is 11.7. The maximum atomic E-state index is 11.7. The molecular formula is C14H19ClN2O. The maximum Gasteiger partial charge on any atom is 0.315 e. The van der Waals surface area contributed by atoms with Crippen LogP contribution >= 0.6 is 11.6 Å². The topological polar surface area (TPSA) is 41.1 Å². The number of amides is 2. The molecular weight excluding hydrogens is 248 g/mol. The van der Waals surface area contributed by atoms with E-state index in [0.717, 1.165) is 18.4 Å². The molecule has 1 aromatic rings.